The van der Waals surface area contributed by atoms with Crippen molar-refractivity contribution in [3.63, 3.8) is 0 Å². The molecule has 2 N–H and O–H groups in total. The van der Waals surface area contributed by atoms with Crippen molar-refractivity contribution in [1.82, 2.24) is 0 Å². The van der Waals surface area contributed by atoms with Gasteiger partial charge in [0.1, 0.15) is 6.10 Å². The minimum absolute atomic E-state index is 0.174. The third-order valence-corrected chi connectivity index (χ3v) is 4.19. The van der Waals surface area contributed by atoms with Crippen molar-refractivity contribution < 1.29 is 24.5 Å². The number of aliphatic hydroxyl groups excluding tert-OH is 1. The first-order valence-corrected chi connectivity index (χ1v) is 10.2. The van der Waals surface area contributed by atoms with E-state index in [9.17, 15) is 9.90 Å². The zero-order valence-electron chi connectivity index (χ0n) is 16.2. The summed E-state index contributed by atoms with van der Waals surface area (Å²) in [5.41, 5.74) is 0. The van der Waals surface area contributed by atoms with Crippen LogP contribution in [-0.4, -0.2) is 48.7 Å². The normalized spacial score (nSPS) is 12.4. The summed E-state index contributed by atoms with van der Waals surface area (Å²) in [6.07, 6.45) is 13.9. The molecule has 0 aliphatic heterocycles. The van der Waals surface area contributed by atoms with Gasteiger partial charge in [-0.2, -0.15) is 0 Å². The molecule has 0 rings (SSSR count). The van der Waals surface area contributed by atoms with Gasteiger partial charge in [-0.05, 0) is 19.3 Å². The van der Waals surface area contributed by atoms with Crippen LogP contribution in [0.2, 0.25) is 0 Å². The van der Waals surface area contributed by atoms with E-state index < -0.39 is 12.1 Å². The SMILES string of the molecule is CCCCCCCCCCCCOCC(O)COCCCCC(=O)O. The predicted octanol–water partition coefficient (Wildman–Crippen LogP) is 4.56. The van der Waals surface area contributed by atoms with Crippen molar-refractivity contribution in [2.75, 3.05) is 26.4 Å². The Morgan fingerprint density at radius 3 is 1.68 bits per heavy atom. The molecule has 5 heteroatoms. The van der Waals surface area contributed by atoms with Gasteiger partial charge in [0.2, 0.25) is 0 Å². The molecule has 0 aromatic rings. The van der Waals surface area contributed by atoms with Gasteiger partial charge in [0.05, 0.1) is 13.2 Å². The Morgan fingerprint density at radius 1 is 0.760 bits per heavy atom. The second-order valence-electron chi connectivity index (χ2n) is 6.84. The van der Waals surface area contributed by atoms with Crippen LogP contribution >= 0.6 is 0 Å². The number of ether oxygens (including phenoxy) is 2. The Labute approximate surface area is 154 Å². The summed E-state index contributed by atoms with van der Waals surface area (Å²) in [6, 6.07) is 0. The third-order valence-electron chi connectivity index (χ3n) is 4.19. The number of carboxylic acids is 1. The second kappa shape index (κ2) is 19.7. The molecule has 1 atom stereocenters. The van der Waals surface area contributed by atoms with Gasteiger partial charge in [-0.1, -0.05) is 64.7 Å². The predicted molar refractivity (Wildman–Crippen MR) is 101 cm³/mol. The highest BCUT2D eigenvalue weighted by atomic mass is 16.5. The van der Waals surface area contributed by atoms with Crippen molar-refractivity contribution in [3.05, 3.63) is 0 Å². The van der Waals surface area contributed by atoms with Crippen LogP contribution in [0.3, 0.4) is 0 Å². The standard InChI is InChI=1S/C20H40O5/c1-2-3-4-5-6-7-8-9-10-12-15-24-17-19(21)18-25-16-13-11-14-20(22)23/h19,21H,2-18H2,1H3,(H,22,23). The van der Waals surface area contributed by atoms with Crippen molar-refractivity contribution in [2.24, 2.45) is 0 Å². The molecule has 0 amide bonds. The molecule has 0 saturated heterocycles. The first-order valence-electron chi connectivity index (χ1n) is 10.2. The van der Waals surface area contributed by atoms with E-state index in [2.05, 4.69) is 6.92 Å². The Morgan fingerprint density at radius 2 is 1.20 bits per heavy atom. The summed E-state index contributed by atoms with van der Waals surface area (Å²) in [5, 5.41) is 18.2. The van der Waals surface area contributed by atoms with E-state index in [1.807, 2.05) is 0 Å². The molecule has 0 spiro atoms. The van der Waals surface area contributed by atoms with E-state index in [0.29, 0.717) is 32.7 Å². The maximum absolute atomic E-state index is 10.3. The van der Waals surface area contributed by atoms with E-state index in [-0.39, 0.29) is 13.0 Å². The summed E-state index contributed by atoms with van der Waals surface area (Å²) < 4.78 is 10.8. The average Bonchev–Trinajstić information content (AvgIpc) is 2.58. The fraction of sp³-hybridized carbons (Fsp3) is 0.950. The van der Waals surface area contributed by atoms with E-state index in [1.54, 1.807) is 0 Å². The van der Waals surface area contributed by atoms with Crippen LogP contribution in [0.4, 0.5) is 0 Å². The number of carboxylic acid groups (broad SMARTS) is 1. The van der Waals surface area contributed by atoms with Crippen LogP contribution in [0.25, 0.3) is 0 Å². The molecule has 0 aromatic carbocycles. The Kier molecular flexibility index (Phi) is 19.2. The number of hydrogen-bond donors (Lipinski definition) is 2. The quantitative estimate of drug-likeness (QED) is 0.311. The number of carbonyl (C=O) groups is 1. The lowest BCUT2D eigenvalue weighted by atomic mass is 10.1. The zero-order valence-corrected chi connectivity index (χ0v) is 16.2. The molecule has 1 unspecified atom stereocenters. The maximum Gasteiger partial charge on any atom is 0.303 e. The van der Waals surface area contributed by atoms with Crippen LogP contribution in [0.1, 0.15) is 90.4 Å². The summed E-state index contributed by atoms with van der Waals surface area (Å²) >= 11 is 0. The second-order valence-corrected chi connectivity index (χ2v) is 6.84. The van der Waals surface area contributed by atoms with Crippen molar-refractivity contribution in [1.29, 1.82) is 0 Å². The fourth-order valence-corrected chi connectivity index (χ4v) is 2.66. The van der Waals surface area contributed by atoms with Gasteiger partial charge in [0.15, 0.2) is 0 Å². The van der Waals surface area contributed by atoms with Crippen molar-refractivity contribution in [3.8, 4) is 0 Å². The number of aliphatic hydroxyl groups is 1. The van der Waals surface area contributed by atoms with E-state index in [0.717, 1.165) is 6.42 Å². The lowest BCUT2D eigenvalue weighted by Gasteiger charge is -2.11. The lowest BCUT2D eigenvalue weighted by Crippen LogP contribution is -2.22. The first-order chi connectivity index (χ1) is 12.2. The number of unbranched alkanes of at least 4 members (excludes halogenated alkanes) is 10. The molecule has 0 fully saturated rings. The third kappa shape index (κ3) is 21.3. The Balaban J connectivity index is 3.14. The van der Waals surface area contributed by atoms with Gasteiger partial charge >= 0.3 is 5.97 Å². The van der Waals surface area contributed by atoms with Crippen molar-refractivity contribution in [2.45, 2.75) is 96.5 Å². The average molecular weight is 361 g/mol. The highest BCUT2D eigenvalue weighted by Gasteiger charge is 2.04. The first kappa shape index (κ1) is 24.4. The highest BCUT2D eigenvalue weighted by molar-refractivity contribution is 5.66. The Bertz CT molecular complexity index is 283. The molecule has 0 heterocycles. The lowest BCUT2D eigenvalue weighted by molar-refractivity contribution is -0.137. The van der Waals surface area contributed by atoms with E-state index in [4.69, 9.17) is 14.6 Å². The number of aliphatic carboxylic acids is 1. The maximum atomic E-state index is 10.3. The van der Waals surface area contributed by atoms with Crippen LogP contribution < -0.4 is 0 Å². The van der Waals surface area contributed by atoms with E-state index in [1.165, 1.54) is 57.8 Å². The van der Waals surface area contributed by atoms with Gasteiger partial charge in [-0.15, -0.1) is 0 Å². The molecule has 0 aliphatic rings. The van der Waals surface area contributed by atoms with Gasteiger partial charge in [-0.3, -0.25) is 4.79 Å². The van der Waals surface area contributed by atoms with Gasteiger partial charge in [-0.25, -0.2) is 0 Å². The fourth-order valence-electron chi connectivity index (χ4n) is 2.66. The summed E-state index contributed by atoms with van der Waals surface area (Å²) in [4.78, 5) is 10.3. The van der Waals surface area contributed by atoms with Crippen LogP contribution in [0, 0.1) is 0 Å². The number of hydrogen-bond acceptors (Lipinski definition) is 4. The molecule has 0 aromatic heterocycles. The minimum atomic E-state index is -0.777. The zero-order chi connectivity index (χ0) is 18.6. The smallest absolute Gasteiger partial charge is 0.303 e. The monoisotopic (exact) mass is 360 g/mol. The molecule has 0 aliphatic carbocycles. The molecule has 25 heavy (non-hydrogen) atoms. The molecule has 5 nitrogen and oxygen atoms in total. The number of rotatable bonds is 20. The van der Waals surface area contributed by atoms with E-state index >= 15 is 0 Å². The van der Waals surface area contributed by atoms with Crippen LogP contribution in [-0.2, 0) is 14.3 Å². The van der Waals surface area contributed by atoms with Crippen molar-refractivity contribution >= 4 is 5.97 Å². The van der Waals surface area contributed by atoms with Crippen LogP contribution in [0.15, 0.2) is 0 Å². The Hall–Kier alpha value is -0.650. The molecule has 150 valence electrons. The highest BCUT2D eigenvalue weighted by Crippen LogP contribution is 2.10. The minimum Gasteiger partial charge on any atom is -0.481 e. The molecule has 0 radical (unpaired) electrons. The van der Waals surface area contributed by atoms with Crippen LogP contribution in [0.5, 0.6) is 0 Å². The summed E-state index contributed by atoms with van der Waals surface area (Å²) in [6.45, 7) is 4.01. The topological polar surface area (TPSA) is 76.0 Å². The summed E-state index contributed by atoms with van der Waals surface area (Å²) in [7, 11) is 0. The largest absolute Gasteiger partial charge is 0.481 e. The molecule has 0 saturated carbocycles. The van der Waals surface area contributed by atoms with Gasteiger partial charge < -0.3 is 19.7 Å². The van der Waals surface area contributed by atoms with Gasteiger partial charge in [0, 0.05) is 19.6 Å². The molecular weight excluding hydrogens is 320 g/mol. The molecule has 0 bridgehead atoms. The van der Waals surface area contributed by atoms with Gasteiger partial charge in [0.25, 0.3) is 0 Å². The molecular formula is C20H40O5. The summed E-state index contributed by atoms with van der Waals surface area (Å²) in [5.74, 6) is -0.777.